The molecule has 0 atom stereocenters. The fourth-order valence-electron chi connectivity index (χ4n) is 1.84. The highest BCUT2D eigenvalue weighted by Crippen LogP contribution is 2.09. The topological polar surface area (TPSA) is 60.2 Å². The molecule has 0 saturated heterocycles. The number of hydrogen-bond acceptors (Lipinski definition) is 4. The molecule has 0 bridgehead atoms. The molecule has 1 aromatic heterocycles. The Bertz CT molecular complexity index is 482. The van der Waals surface area contributed by atoms with Gasteiger partial charge >= 0.3 is 0 Å². The van der Waals surface area contributed by atoms with Gasteiger partial charge in [-0.1, -0.05) is 30.3 Å². The Labute approximate surface area is 106 Å². The van der Waals surface area contributed by atoms with E-state index in [0.717, 1.165) is 5.82 Å². The fraction of sp³-hybridized carbons (Fsp3) is 0.385. The van der Waals surface area contributed by atoms with Crippen molar-refractivity contribution in [3.63, 3.8) is 0 Å². The zero-order chi connectivity index (χ0) is 12.8. The molecule has 18 heavy (non-hydrogen) atoms. The summed E-state index contributed by atoms with van der Waals surface area (Å²) >= 11 is 0. The summed E-state index contributed by atoms with van der Waals surface area (Å²) < 4.78 is 6.98. The molecule has 5 nitrogen and oxygen atoms in total. The molecular formula is C13H17N3O2. The Balaban J connectivity index is 2.19. The molecule has 1 heterocycles. The van der Waals surface area contributed by atoms with E-state index in [1.165, 1.54) is 5.56 Å². The van der Waals surface area contributed by atoms with Gasteiger partial charge < -0.3 is 14.4 Å². The number of ether oxygens (including phenoxy) is 1. The molecule has 0 fully saturated rings. The second-order valence-corrected chi connectivity index (χ2v) is 4.00. The average molecular weight is 247 g/mol. The minimum absolute atomic E-state index is 0.106. The van der Waals surface area contributed by atoms with E-state index in [0.29, 0.717) is 25.4 Å². The van der Waals surface area contributed by atoms with Crippen LogP contribution < -0.4 is 0 Å². The highest BCUT2D eigenvalue weighted by Gasteiger charge is 2.11. The van der Waals surface area contributed by atoms with Gasteiger partial charge in [0.25, 0.3) is 0 Å². The summed E-state index contributed by atoms with van der Waals surface area (Å²) in [6.45, 7) is 1.12. The molecule has 0 aliphatic carbocycles. The Kier molecular flexibility index (Phi) is 4.44. The van der Waals surface area contributed by atoms with Crippen molar-refractivity contribution in [2.75, 3.05) is 13.7 Å². The van der Waals surface area contributed by atoms with Gasteiger partial charge in [0.15, 0.2) is 5.82 Å². The Morgan fingerprint density at radius 3 is 2.56 bits per heavy atom. The molecule has 1 N–H and O–H groups in total. The third kappa shape index (κ3) is 2.94. The van der Waals surface area contributed by atoms with Gasteiger partial charge in [-0.2, -0.15) is 0 Å². The van der Waals surface area contributed by atoms with E-state index >= 15 is 0 Å². The molecular weight excluding hydrogens is 230 g/mol. The molecule has 0 saturated carbocycles. The summed E-state index contributed by atoms with van der Waals surface area (Å²) in [7, 11) is 1.65. The maximum absolute atomic E-state index is 9.23. The summed E-state index contributed by atoms with van der Waals surface area (Å²) in [6, 6.07) is 10.1. The largest absolute Gasteiger partial charge is 0.388 e. The van der Waals surface area contributed by atoms with Crippen molar-refractivity contribution in [1.82, 2.24) is 14.8 Å². The molecule has 2 rings (SSSR count). The van der Waals surface area contributed by atoms with E-state index in [-0.39, 0.29) is 6.61 Å². The van der Waals surface area contributed by atoms with Crippen LogP contribution in [-0.2, 0) is 24.3 Å². The van der Waals surface area contributed by atoms with Crippen molar-refractivity contribution in [1.29, 1.82) is 0 Å². The van der Waals surface area contributed by atoms with Gasteiger partial charge in [0.1, 0.15) is 12.4 Å². The molecule has 0 aliphatic rings. The second kappa shape index (κ2) is 6.28. The van der Waals surface area contributed by atoms with Gasteiger partial charge in [-0.3, -0.25) is 0 Å². The minimum Gasteiger partial charge on any atom is -0.388 e. The molecule has 0 radical (unpaired) electrons. The van der Waals surface area contributed by atoms with Crippen LogP contribution in [0.15, 0.2) is 30.3 Å². The molecule has 0 unspecified atom stereocenters. The molecule has 5 heteroatoms. The lowest BCUT2D eigenvalue weighted by Gasteiger charge is -2.08. The van der Waals surface area contributed by atoms with Gasteiger partial charge in [0.2, 0.25) is 0 Å². The van der Waals surface area contributed by atoms with Crippen LogP contribution in [0.5, 0.6) is 0 Å². The van der Waals surface area contributed by atoms with E-state index in [9.17, 15) is 5.11 Å². The molecule has 1 aromatic carbocycles. The predicted molar refractivity (Wildman–Crippen MR) is 67.1 cm³/mol. The average Bonchev–Trinajstić information content (AvgIpc) is 2.79. The van der Waals surface area contributed by atoms with Crippen molar-refractivity contribution in [2.45, 2.75) is 19.6 Å². The summed E-state index contributed by atoms with van der Waals surface area (Å²) in [4.78, 5) is 0. The third-order valence-electron chi connectivity index (χ3n) is 2.77. The normalized spacial score (nSPS) is 10.8. The van der Waals surface area contributed by atoms with E-state index in [1.54, 1.807) is 7.11 Å². The van der Waals surface area contributed by atoms with E-state index in [2.05, 4.69) is 10.2 Å². The van der Waals surface area contributed by atoms with Crippen LogP contribution in [-0.4, -0.2) is 33.6 Å². The smallest absolute Gasteiger partial charge is 0.158 e. The van der Waals surface area contributed by atoms with Gasteiger partial charge in [0.05, 0.1) is 6.61 Å². The highest BCUT2D eigenvalue weighted by molar-refractivity contribution is 5.19. The molecule has 0 spiro atoms. The monoisotopic (exact) mass is 247 g/mol. The molecule has 2 aromatic rings. The van der Waals surface area contributed by atoms with Crippen LogP contribution in [0.3, 0.4) is 0 Å². The van der Waals surface area contributed by atoms with Gasteiger partial charge in [-0.05, 0) is 5.56 Å². The number of hydrogen-bond donors (Lipinski definition) is 1. The quantitative estimate of drug-likeness (QED) is 0.827. The highest BCUT2D eigenvalue weighted by atomic mass is 16.5. The van der Waals surface area contributed by atoms with Gasteiger partial charge in [0, 0.05) is 20.1 Å². The van der Waals surface area contributed by atoms with Crippen molar-refractivity contribution >= 4 is 0 Å². The van der Waals surface area contributed by atoms with E-state index < -0.39 is 0 Å². The maximum atomic E-state index is 9.23. The lowest BCUT2D eigenvalue weighted by molar-refractivity contribution is 0.181. The summed E-state index contributed by atoms with van der Waals surface area (Å²) in [5, 5.41) is 17.4. The van der Waals surface area contributed by atoms with Crippen LogP contribution in [0.2, 0.25) is 0 Å². The number of nitrogens with zero attached hydrogens (tertiary/aromatic N) is 3. The van der Waals surface area contributed by atoms with Crippen LogP contribution >= 0.6 is 0 Å². The van der Waals surface area contributed by atoms with E-state index in [1.807, 2.05) is 34.9 Å². The predicted octanol–water partition coefficient (Wildman–Crippen LogP) is 1.01. The summed E-state index contributed by atoms with van der Waals surface area (Å²) in [5.41, 5.74) is 1.17. The zero-order valence-corrected chi connectivity index (χ0v) is 10.4. The van der Waals surface area contributed by atoms with Crippen molar-refractivity contribution in [3.8, 4) is 0 Å². The minimum atomic E-state index is -0.106. The molecule has 0 amide bonds. The number of aliphatic hydroxyl groups is 1. The lowest BCUT2D eigenvalue weighted by atomic mass is 10.1. The third-order valence-corrected chi connectivity index (χ3v) is 2.77. The summed E-state index contributed by atoms with van der Waals surface area (Å²) in [5.74, 6) is 1.43. The fourth-order valence-corrected chi connectivity index (χ4v) is 1.84. The Hall–Kier alpha value is -1.72. The number of rotatable bonds is 6. The first-order valence-electron chi connectivity index (χ1n) is 5.90. The molecule has 96 valence electrons. The van der Waals surface area contributed by atoms with Crippen LogP contribution in [0.1, 0.15) is 17.2 Å². The number of methoxy groups -OCH3 is 1. The van der Waals surface area contributed by atoms with Crippen LogP contribution in [0.25, 0.3) is 0 Å². The lowest BCUT2D eigenvalue weighted by Crippen LogP contribution is -2.12. The van der Waals surface area contributed by atoms with Crippen molar-refractivity contribution < 1.29 is 9.84 Å². The van der Waals surface area contributed by atoms with Crippen molar-refractivity contribution in [3.05, 3.63) is 47.5 Å². The number of aromatic nitrogens is 3. The Morgan fingerprint density at radius 2 is 1.89 bits per heavy atom. The van der Waals surface area contributed by atoms with Gasteiger partial charge in [-0.15, -0.1) is 10.2 Å². The first-order valence-corrected chi connectivity index (χ1v) is 5.90. The summed E-state index contributed by atoms with van der Waals surface area (Å²) in [6.07, 6.45) is 0.706. The van der Waals surface area contributed by atoms with Crippen LogP contribution in [0.4, 0.5) is 0 Å². The van der Waals surface area contributed by atoms with Crippen molar-refractivity contribution in [2.24, 2.45) is 0 Å². The maximum Gasteiger partial charge on any atom is 0.158 e. The Morgan fingerprint density at radius 1 is 1.17 bits per heavy atom. The second-order valence-electron chi connectivity index (χ2n) is 4.00. The molecule has 0 aliphatic heterocycles. The van der Waals surface area contributed by atoms with Crippen LogP contribution in [0, 0.1) is 0 Å². The van der Waals surface area contributed by atoms with E-state index in [4.69, 9.17) is 4.74 Å². The van der Waals surface area contributed by atoms with Gasteiger partial charge in [-0.25, -0.2) is 0 Å². The zero-order valence-electron chi connectivity index (χ0n) is 10.4. The standard InChI is InChI=1S/C13H17N3O2/c1-18-8-7-16-12(14-15-13(16)10-17)9-11-5-3-2-4-6-11/h2-6,17H,7-10H2,1H3. The number of aliphatic hydroxyl groups excluding tert-OH is 1. The SMILES string of the molecule is COCCn1c(CO)nnc1Cc1ccccc1. The number of benzene rings is 1. The first-order chi connectivity index (χ1) is 8.85. The first kappa shape index (κ1) is 12.7.